The van der Waals surface area contributed by atoms with Gasteiger partial charge in [-0.2, -0.15) is 0 Å². The fraction of sp³-hybridized carbons (Fsp3) is 0.538. The van der Waals surface area contributed by atoms with Crippen molar-refractivity contribution in [2.45, 2.75) is 32.1 Å². The Hall–Kier alpha value is -1.18. The summed E-state index contributed by atoms with van der Waals surface area (Å²) < 4.78 is 0. The molecule has 3 N–H and O–H groups in total. The zero-order valence-electron chi connectivity index (χ0n) is 9.21. The minimum absolute atomic E-state index is 0.837. The van der Waals surface area contributed by atoms with E-state index in [-0.39, 0.29) is 0 Å². The van der Waals surface area contributed by atoms with Gasteiger partial charge in [-0.1, -0.05) is 25.3 Å². The molecule has 1 aliphatic rings. The normalized spacial score (nSPS) is 17.6. The SMILES string of the molecule is Nc1cccc(NCC2CCCCC2)c1. The van der Waals surface area contributed by atoms with Gasteiger partial charge in [0.1, 0.15) is 0 Å². The lowest BCUT2D eigenvalue weighted by atomic mass is 9.89. The van der Waals surface area contributed by atoms with Gasteiger partial charge in [0.2, 0.25) is 0 Å². The van der Waals surface area contributed by atoms with E-state index in [0.717, 1.165) is 23.8 Å². The van der Waals surface area contributed by atoms with Gasteiger partial charge in [-0.15, -0.1) is 0 Å². The Balaban J connectivity index is 1.81. The molecule has 1 aromatic carbocycles. The summed E-state index contributed by atoms with van der Waals surface area (Å²) in [5.41, 5.74) is 7.72. The Morgan fingerprint density at radius 3 is 2.73 bits per heavy atom. The van der Waals surface area contributed by atoms with Crippen LogP contribution in [0.5, 0.6) is 0 Å². The third-order valence-corrected chi connectivity index (χ3v) is 3.21. The summed E-state index contributed by atoms with van der Waals surface area (Å²) in [6.45, 7) is 1.10. The fourth-order valence-corrected chi connectivity index (χ4v) is 2.30. The summed E-state index contributed by atoms with van der Waals surface area (Å²) in [7, 11) is 0. The molecule has 0 spiro atoms. The molecule has 2 heteroatoms. The predicted molar refractivity (Wildman–Crippen MR) is 65.9 cm³/mol. The predicted octanol–water partition coefficient (Wildman–Crippen LogP) is 3.26. The minimum Gasteiger partial charge on any atom is -0.399 e. The van der Waals surface area contributed by atoms with E-state index in [9.17, 15) is 0 Å². The number of anilines is 2. The summed E-state index contributed by atoms with van der Waals surface area (Å²) >= 11 is 0. The molecule has 1 saturated carbocycles. The molecule has 2 rings (SSSR count). The first-order chi connectivity index (χ1) is 7.34. The monoisotopic (exact) mass is 204 g/mol. The van der Waals surface area contributed by atoms with Crippen LogP contribution < -0.4 is 11.1 Å². The van der Waals surface area contributed by atoms with Gasteiger partial charge in [-0.3, -0.25) is 0 Å². The van der Waals surface area contributed by atoms with Gasteiger partial charge >= 0.3 is 0 Å². The maximum absolute atomic E-state index is 5.73. The zero-order valence-corrected chi connectivity index (χ0v) is 9.21. The van der Waals surface area contributed by atoms with Crippen molar-refractivity contribution >= 4 is 11.4 Å². The standard InChI is InChI=1S/C13H20N2/c14-12-7-4-8-13(9-12)15-10-11-5-2-1-3-6-11/h4,7-9,11,15H,1-3,5-6,10,14H2. The molecule has 0 aromatic heterocycles. The molecular formula is C13H20N2. The van der Waals surface area contributed by atoms with Crippen LogP contribution in [0.25, 0.3) is 0 Å². The molecule has 0 aliphatic heterocycles. The molecule has 0 amide bonds. The van der Waals surface area contributed by atoms with E-state index in [2.05, 4.69) is 11.4 Å². The quantitative estimate of drug-likeness (QED) is 0.742. The second kappa shape index (κ2) is 5.06. The molecule has 0 saturated heterocycles. The second-order valence-corrected chi connectivity index (χ2v) is 4.51. The minimum atomic E-state index is 0.837. The average Bonchev–Trinajstić information content (AvgIpc) is 2.28. The molecule has 0 bridgehead atoms. The zero-order chi connectivity index (χ0) is 10.5. The third-order valence-electron chi connectivity index (χ3n) is 3.21. The Labute approximate surface area is 91.9 Å². The molecule has 82 valence electrons. The maximum atomic E-state index is 5.73. The van der Waals surface area contributed by atoms with Gasteiger partial charge in [0.05, 0.1) is 0 Å². The van der Waals surface area contributed by atoms with Crippen LogP contribution in [0.4, 0.5) is 11.4 Å². The van der Waals surface area contributed by atoms with Crippen molar-refractivity contribution in [1.29, 1.82) is 0 Å². The van der Waals surface area contributed by atoms with Crippen LogP contribution in [0, 0.1) is 5.92 Å². The molecular weight excluding hydrogens is 184 g/mol. The van der Waals surface area contributed by atoms with Gasteiger partial charge in [-0.05, 0) is 37.0 Å². The van der Waals surface area contributed by atoms with Crippen LogP contribution in [0.1, 0.15) is 32.1 Å². The Bertz CT molecular complexity index is 303. The topological polar surface area (TPSA) is 38.0 Å². The van der Waals surface area contributed by atoms with E-state index < -0.39 is 0 Å². The molecule has 0 radical (unpaired) electrons. The van der Waals surface area contributed by atoms with Crippen LogP contribution in [-0.4, -0.2) is 6.54 Å². The lowest BCUT2D eigenvalue weighted by Crippen LogP contribution is -2.17. The highest BCUT2D eigenvalue weighted by molar-refractivity contribution is 5.53. The first-order valence-corrected chi connectivity index (χ1v) is 5.94. The fourth-order valence-electron chi connectivity index (χ4n) is 2.30. The molecule has 15 heavy (non-hydrogen) atoms. The second-order valence-electron chi connectivity index (χ2n) is 4.51. The molecule has 0 unspecified atom stereocenters. The summed E-state index contributed by atoms with van der Waals surface area (Å²) in [5.74, 6) is 0.861. The lowest BCUT2D eigenvalue weighted by molar-refractivity contribution is 0.373. The van der Waals surface area contributed by atoms with Crippen LogP contribution in [0.2, 0.25) is 0 Å². The van der Waals surface area contributed by atoms with Crippen LogP contribution >= 0.6 is 0 Å². The van der Waals surface area contributed by atoms with E-state index in [1.807, 2.05) is 18.2 Å². The number of nitrogens with two attached hydrogens (primary N) is 1. The summed E-state index contributed by atoms with van der Waals surface area (Å²) in [6.07, 6.45) is 7.01. The van der Waals surface area contributed by atoms with Crippen molar-refractivity contribution in [2.75, 3.05) is 17.6 Å². The number of nitrogen functional groups attached to an aromatic ring is 1. The molecule has 1 aliphatic carbocycles. The number of hydrogen-bond acceptors (Lipinski definition) is 2. The number of hydrogen-bond donors (Lipinski definition) is 2. The molecule has 0 atom stereocenters. The molecule has 1 fully saturated rings. The van der Waals surface area contributed by atoms with Crippen molar-refractivity contribution in [3.05, 3.63) is 24.3 Å². The lowest BCUT2D eigenvalue weighted by Gasteiger charge is -2.22. The first kappa shape index (κ1) is 10.3. The summed E-state index contributed by atoms with van der Waals surface area (Å²) in [5, 5.41) is 3.48. The van der Waals surface area contributed by atoms with Crippen LogP contribution in [0.3, 0.4) is 0 Å². The first-order valence-electron chi connectivity index (χ1n) is 5.94. The van der Waals surface area contributed by atoms with Gasteiger partial charge in [0, 0.05) is 17.9 Å². The number of nitrogens with one attached hydrogen (secondary N) is 1. The van der Waals surface area contributed by atoms with E-state index in [0.29, 0.717) is 0 Å². The largest absolute Gasteiger partial charge is 0.399 e. The summed E-state index contributed by atoms with van der Waals surface area (Å²) in [4.78, 5) is 0. The van der Waals surface area contributed by atoms with Crippen LogP contribution in [-0.2, 0) is 0 Å². The van der Waals surface area contributed by atoms with Crippen LogP contribution in [0.15, 0.2) is 24.3 Å². The Morgan fingerprint density at radius 1 is 1.20 bits per heavy atom. The highest BCUT2D eigenvalue weighted by Crippen LogP contribution is 2.24. The van der Waals surface area contributed by atoms with Crippen molar-refractivity contribution in [3.8, 4) is 0 Å². The Morgan fingerprint density at radius 2 is 2.00 bits per heavy atom. The van der Waals surface area contributed by atoms with Crippen molar-refractivity contribution in [2.24, 2.45) is 5.92 Å². The van der Waals surface area contributed by atoms with E-state index in [1.54, 1.807) is 0 Å². The van der Waals surface area contributed by atoms with E-state index in [4.69, 9.17) is 5.73 Å². The Kier molecular flexibility index (Phi) is 3.49. The molecule has 0 heterocycles. The maximum Gasteiger partial charge on any atom is 0.0360 e. The molecule has 1 aromatic rings. The highest BCUT2D eigenvalue weighted by Gasteiger charge is 2.12. The van der Waals surface area contributed by atoms with Gasteiger partial charge in [0.25, 0.3) is 0 Å². The van der Waals surface area contributed by atoms with Gasteiger partial charge in [0.15, 0.2) is 0 Å². The number of rotatable bonds is 3. The highest BCUT2D eigenvalue weighted by atomic mass is 14.9. The van der Waals surface area contributed by atoms with E-state index in [1.165, 1.54) is 32.1 Å². The van der Waals surface area contributed by atoms with Gasteiger partial charge < -0.3 is 11.1 Å². The smallest absolute Gasteiger partial charge is 0.0360 e. The van der Waals surface area contributed by atoms with E-state index >= 15 is 0 Å². The van der Waals surface area contributed by atoms with Crippen molar-refractivity contribution < 1.29 is 0 Å². The van der Waals surface area contributed by atoms with Gasteiger partial charge in [-0.25, -0.2) is 0 Å². The number of benzene rings is 1. The van der Waals surface area contributed by atoms with Crippen molar-refractivity contribution in [1.82, 2.24) is 0 Å². The third kappa shape index (κ3) is 3.15. The average molecular weight is 204 g/mol. The molecule has 2 nitrogen and oxygen atoms in total. The summed E-state index contributed by atoms with van der Waals surface area (Å²) in [6, 6.07) is 8.01. The van der Waals surface area contributed by atoms with Crippen molar-refractivity contribution in [3.63, 3.8) is 0 Å².